The van der Waals surface area contributed by atoms with Crippen LogP contribution in [-0.4, -0.2) is 17.0 Å². The number of carboxylic acids is 1. The van der Waals surface area contributed by atoms with Crippen molar-refractivity contribution in [2.75, 3.05) is 0 Å². The van der Waals surface area contributed by atoms with Crippen molar-refractivity contribution in [2.24, 2.45) is 0 Å². The second-order valence-corrected chi connectivity index (χ2v) is 4.39. The molecule has 0 radical (unpaired) electrons. The van der Waals surface area contributed by atoms with Gasteiger partial charge >= 0.3 is 5.97 Å². The fourth-order valence-electron chi connectivity index (χ4n) is 1.99. The van der Waals surface area contributed by atoms with Gasteiger partial charge in [-0.2, -0.15) is 0 Å². The van der Waals surface area contributed by atoms with Crippen LogP contribution in [0.3, 0.4) is 0 Å². The van der Waals surface area contributed by atoms with Gasteiger partial charge in [-0.05, 0) is 31.1 Å². The number of aryl methyl sites for hydroxylation is 1. The summed E-state index contributed by atoms with van der Waals surface area (Å²) < 4.78 is 0. The molecule has 0 bridgehead atoms. The summed E-state index contributed by atoms with van der Waals surface area (Å²) >= 11 is 0. The molecule has 0 fully saturated rings. The molecule has 96 valence electrons. The smallest absolute Gasteiger partial charge is 0.338 e. The van der Waals surface area contributed by atoms with E-state index in [1.807, 2.05) is 31.2 Å². The van der Waals surface area contributed by atoms with Crippen LogP contribution in [0.1, 0.15) is 18.1 Å². The highest BCUT2D eigenvalue weighted by Crippen LogP contribution is 2.27. The Bertz CT molecular complexity index is 644. The van der Waals surface area contributed by atoms with Gasteiger partial charge in [0.1, 0.15) is 5.70 Å². The van der Waals surface area contributed by atoms with Crippen LogP contribution in [0.5, 0.6) is 0 Å². The van der Waals surface area contributed by atoms with Crippen LogP contribution in [0.4, 0.5) is 0 Å². The van der Waals surface area contributed by atoms with Crippen LogP contribution in [0.2, 0.25) is 0 Å². The number of carboxylic acid groups (broad SMARTS) is 1. The van der Waals surface area contributed by atoms with Crippen LogP contribution >= 0.6 is 0 Å². The number of rotatable bonds is 2. The molecule has 0 spiro atoms. The number of allylic oxidation sites excluding steroid dienone is 1. The minimum atomic E-state index is -1.03. The predicted octanol–water partition coefficient (Wildman–Crippen LogP) is 2.06. The third kappa shape index (κ3) is 2.49. The Hall–Kier alpha value is -2.58. The van der Waals surface area contributed by atoms with Crippen molar-refractivity contribution < 1.29 is 14.7 Å². The molecular formula is C15H13NO3. The minimum absolute atomic E-state index is 0.169. The van der Waals surface area contributed by atoms with Crippen molar-refractivity contribution in [2.45, 2.75) is 13.8 Å². The second-order valence-electron chi connectivity index (χ2n) is 4.39. The number of carbonyl (C=O) groups excluding carboxylic acids is 1. The van der Waals surface area contributed by atoms with Crippen molar-refractivity contribution >= 4 is 17.6 Å². The zero-order valence-corrected chi connectivity index (χ0v) is 10.7. The molecule has 0 atom stereocenters. The van der Waals surface area contributed by atoms with Gasteiger partial charge in [0, 0.05) is 0 Å². The molecule has 0 amide bonds. The van der Waals surface area contributed by atoms with E-state index in [9.17, 15) is 14.7 Å². The van der Waals surface area contributed by atoms with E-state index in [0.717, 1.165) is 11.1 Å². The van der Waals surface area contributed by atoms with Crippen molar-refractivity contribution in [3.05, 3.63) is 58.3 Å². The average Bonchev–Trinajstić information content (AvgIpc) is 2.38. The van der Waals surface area contributed by atoms with E-state index in [0.29, 0.717) is 11.3 Å². The molecule has 2 N–H and O–H groups in total. The molecule has 1 aromatic carbocycles. The van der Waals surface area contributed by atoms with E-state index in [4.69, 9.17) is 0 Å². The van der Waals surface area contributed by atoms with Gasteiger partial charge in [0.2, 0.25) is 0 Å². The van der Waals surface area contributed by atoms with E-state index in [2.05, 4.69) is 5.32 Å². The van der Waals surface area contributed by atoms with Gasteiger partial charge in [-0.3, -0.25) is 0 Å². The molecule has 1 heterocycles. The van der Waals surface area contributed by atoms with E-state index >= 15 is 0 Å². The first kappa shape index (κ1) is 12.9. The maximum atomic E-state index is 11.4. The summed E-state index contributed by atoms with van der Waals surface area (Å²) in [5.41, 5.74) is 3.16. The summed E-state index contributed by atoms with van der Waals surface area (Å²) in [4.78, 5) is 22.1. The fraction of sp³-hybridized carbons (Fsp3) is 0.133. The van der Waals surface area contributed by atoms with Crippen LogP contribution in [0.15, 0.2) is 47.2 Å². The Balaban J connectivity index is 2.63. The fourth-order valence-corrected chi connectivity index (χ4v) is 1.99. The predicted molar refractivity (Wildman–Crippen MR) is 71.8 cm³/mol. The summed E-state index contributed by atoms with van der Waals surface area (Å²) in [5, 5.41) is 12.1. The number of aliphatic carboxylic acids is 1. The summed E-state index contributed by atoms with van der Waals surface area (Å²) in [7, 11) is 0. The SMILES string of the molecule is CC1=CC(=C=O)NC(c2ccc(C)cc2)=C1C(=O)O. The molecule has 19 heavy (non-hydrogen) atoms. The lowest BCUT2D eigenvalue weighted by molar-refractivity contribution is -0.132. The van der Waals surface area contributed by atoms with E-state index < -0.39 is 5.97 Å². The highest BCUT2D eigenvalue weighted by molar-refractivity contribution is 6.02. The van der Waals surface area contributed by atoms with Crippen LogP contribution in [0.25, 0.3) is 5.70 Å². The van der Waals surface area contributed by atoms with Gasteiger partial charge in [-0.1, -0.05) is 29.8 Å². The highest BCUT2D eigenvalue weighted by Gasteiger charge is 2.22. The number of nitrogens with one attached hydrogen (secondary N) is 1. The first-order chi connectivity index (χ1) is 9.02. The van der Waals surface area contributed by atoms with E-state index in [-0.39, 0.29) is 11.3 Å². The zero-order chi connectivity index (χ0) is 14.0. The Morgan fingerprint density at radius 2 is 1.84 bits per heavy atom. The monoisotopic (exact) mass is 255 g/mol. The molecule has 0 unspecified atom stereocenters. The summed E-state index contributed by atoms with van der Waals surface area (Å²) in [5.74, 6) is 0.731. The summed E-state index contributed by atoms with van der Waals surface area (Å²) in [6.07, 6.45) is 1.48. The van der Waals surface area contributed by atoms with Gasteiger partial charge < -0.3 is 10.4 Å². The Labute approximate surface area is 110 Å². The molecule has 1 aliphatic rings. The maximum Gasteiger partial charge on any atom is 0.338 e. The molecule has 1 aliphatic heterocycles. The molecule has 4 heteroatoms. The van der Waals surface area contributed by atoms with Gasteiger partial charge in [-0.15, -0.1) is 0 Å². The second kappa shape index (κ2) is 4.96. The van der Waals surface area contributed by atoms with Crippen LogP contribution < -0.4 is 5.32 Å². The summed E-state index contributed by atoms with van der Waals surface area (Å²) in [6, 6.07) is 7.42. The standard InChI is InChI=1S/C15H13NO3/c1-9-3-5-11(6-4-9)14-13(15(18)19)10(2)7-12(8-17)16-14/h3-7,16H,1-2H3,(H,18,19). The Morgan fingerprint density at radius 3 is 2.37 bits per heavy atom. The largest absolute Gasteiger partial charge is 0.478 e. The van der Waals surface area contributed by atoms with Crippen molar-refractivity contribution in [1.82, 2.24) is 5.32 Å². The van der Waals surface area contributed by atoms with Crippen LogP contribution in [-0.2, 0) is 9.59 Å². The van der Waals surface area contributed by atoms with Gasteiger partial charge in [0.25, 0.3) is 0 Å². The number of carbonyl (C=O) groups is 1. The quantitative estimate of drug-likeness (QED) is 0.794. The Kier molecular flexibility index (Phi) is 3.36. The first-order valence-corrected chi connectivity index (χ1v) is 5.78. The third-order valence-electron chi connectivity index (χ3n) is 2.93. The number of hydrogen-bond acceptors (Lipinski definition) is 3. The lowest BCUT2D eigenvalue weighted by atomic mass is 9.96. The lowest BCUT2D eigenvalue weighted by Gasteiger charge is -2.19. The highest BCUT2D eigenvalue weighted by atomic mass is 16.4. The molecule has 0 aromatic heterocycles. The maximum absolute atomic E-state index is 11.4. The molecular weight excluding hydrogens is 242 g/mol. The first-order valence-electron chi connectivity index (χ1n) is 5.78. The molecule has 0 saturated carbocycles. The average molecular weight is 255 g/mol. The van der Waals surface area contributed by atoms with Gasteiger partial charge in [0.05, 0.1) is 11.3 Å². The van der Waals surface area contributed by atoms with Gasteiger partial charge in [-0.25, -0.2) is 9.59 Å². The molecule has 0 saturated heterocycles. The van der Waals surface area contributed by atoms with Crippen molar-refractivity contribution in [1.29, 1.82) is 0 Å². The van der Waals surface area contributed by atoms with Crippen LogP contribution in [0, 0.1) is 6.92 Å². The normalized spacial score (nSPS) is 14.6. The minimum Gasteiger partial charge on any atom is -0.478 e. The zero-order valence-electron chi connectivity index (χ0n) is 10.7. The topological polar surface area (TPSA) is 66.4 Å². The Morgan fingerprint density at radius 1 is 1.21 bits per heavy atom. The van der Waals surface area contributed by atoms with E-state index in [1.54, 1.807) is 12.9 Å². The molecule has 2 rings (SSSR count). The number of benzene rings is 1. The molecule has 1 aromatic rings. The van der Waals surface area contributed by atoms with Crippen molar-refractivity contribution in [3.8, 4) is 0 Å². The number of hydrogen-bond donors (Lipinski definition) is 2. The number of dihydropyridines is 1. The van der Waals surface area contributed by atoms with Gasteiger partial charge in [0.15, 0.2) is 5.94 Å². The van der Waals surface area contributed by atoms with Crippen molar-refractivity contribution in [3.63, 3.8) is 0 Å². The molecule has 0 aliphatic carbocycles. The van der Waals surface area contributed by atoms with E-state index in [1.165, 1.54) is 6.08 Å². The lowest BCUT2D eigenvalue weighted by Crippen LogP contribution is -2.21. The third-order valence-corrected chi connectivity index (χ3v) is 2.93. The summed E-state index contributed by atoms with van der Waals surface area (Å²) in [6.45, 7) is 3.61. The molecule has 4 nitrogen and oxygen atoms in total.